The molecule has 0 saturated heterocycles. The van der Waals surface area contributed by atoms with E-state index in [9.17, 15) is 9.59 Å². The van der Waals surface area contributed by atoms with Crippen LogP contribution in [-0.4, -0.2) is 28.3 Å². The molecule has 0 atom stereocenters. The number of aromatic nitrogens is 2. The van der Waals surface area contributed by atoms with Gasteiger partial charge in [0, 0.05) is 53.3 Å². The van der Waals surface area contributed by atoms with Crippen molar-refractivity contribution in [2.45, 2.75) is 19.3 Å². The second-order valence-corrected chi connectivity index (χ2v) is 9.24. The average molecular weight is 488 g/mol. The standard InChI is InChI=1S/C30H25N5O2/c36-29-6-2-4-19-3-1-5-20(11-19)22-13-25(18-32-15-22)35-30(37)26-9-10-33-28-8-7-21(14-27(26)28)23-12-24(34-29)17-31-16-23/h1,3,5,7-9,11-18,33H,2,4,6,10H2,(H,34,36)(H,35,37). The molecule has 0 spiro atoms. The molecule has 6 rings (SSSR count). The summed E-state index contributed by atoms with van der Waals surface area (Å²) >= 11 is 0. The molecule has 4 aromatic rings. The molecule has 0 aliphatic carbocycles. The fourth-order valence-corrected chi connectivity index (χ4v) is 4.80. The first-order valence-corrected chi connectivity index (χ1v) is 12.3. The zero-order valence-corrected chi connectivity index (χ0v) is 20.1. The molecule has 2 aromatic carbocycles. The first-order valence-electron chi connectivity index (χ1n) is 12.3. The van der Waals surface area contributed by atoms with Gasteiger partial charge < -0.3 is 16.0 Å². The van der Waals surface area contributed by atoms with Crippen LogP contribution in [0.5, 0.6) is 0 Å². The van der Waals surface area contributed by atoms with E-state index in [2.05, 4.69) is 38.1 Å². The summed E-state index contributed by atoms with van der Waals surface area (Å²) in [7, 11) is 0. The second-order valence-electron chi connectivity index (χ2n) is 9.24. The van der Waals surface area contributed by atoms with Gasteiger partial charge in [0.2, 0.25) is 5.91 Å². The highest BCUT2D eigenvalue weighted by Crippen LogP contribution is 2.34. The fraction of sp³-hybridized carbons (Fsp3) is 0.133. The molecule has 7 nitrogen and oxygen atoms in total. The Morgan fingerprint density at radius 2 is 1.46 bits per heavy atom. The average Bonchev–Trinajstić information content (AvgIpc) is 2.92. The Bertz CT molecular complexity index is 1560. The van der Waals surface area contributed by atoms with Gasteiger partial charge in [-0.15, -0.1) is 0 Å². The van der Waals surface area contributed by atoms with Crippen LogP contribution in [0.2, 0.25) is 0 Å². The monoisotopic (exact) mass is 487 g/mol. The lowest BCUT2D eigenvalue weighted by Gasteiger charge is -2.20. The summed E-state index contributed by atoms with van der Waals surface area (Å²) in [4.78, 5) is 34.8. The van der Waals surface area contributed by atoms with Gasteiger partial charge in [0.05, 0.1) is 23.8 Å². The van der Waals surface area contributed by atoms with Crippen molar-refractivity contribution in [2.24, 2.45) is 0 Å². The summed E-state index contributed by atoms with van der Waals surface area (Å²) in [5.41, 5.74) is 8.40. The van der Waals surface area contributed by atoms with Gasteiger partial charge in [-0.2, -0.15) is 0 Å². The molecule has 0 unspecified atom stereocenters. The number of benzene rings is 2. The Kier molecular flexibility index (Phi) is 5.94. The highest BCUT2D eigenvalue weighted by Gasteiger charge is 2.20. The van der Waals surface area contributed by atoms with Crippen LogP contribution >= 0.6 is 0 Å². The number of rotatable bonds is 0. The predicted molar refractivity (Wildman–Crippen MR) is 146 cm³/mol. The summed E-state index contributed by atoms with van der Waals surface area (Å²) in [6.45, 7) is 0.559. The molecule has 2 aliphatic rings. The van der Waals surface area contributed by atoms with Crippen molar-refractivity contribution >= 4 is 34.4 Å². The van der Waals surface area contributed by atoms with Crippen molar-refractivity contribution < 1.29 is 9.59 Å². The van der Waals surface area contributed by atoms with Crippen molar-refractivity contribution in [1.29, 1.82) is 0 Å². The number of fused-ring (bicyclic) bond motifs is 9. The lowest BCUT2D eigenvalue weighted by Crippen LogP contribution is -2.19. The van der Waals surface area contributed by atoms with Gasteiger partial charge in [-0.1, -0.05) is 36.4 Å². The number of nitrogens with one attached hydrogen (secondary N) is 3. The molecular formula is C30H25N5O2. The first kappa shape index (κ1) is 22.7. The first-order chi connectivity index (χ1) is 18.1. The summed E-state index contributed by atoms with van der Waals surface area (Å²) in [6.07, 6.45) is 10.7. The van der Waals surface area contributed by atoms with Gasteiger partial charge >= 0.3 is 0 Å². The Morgan fingerprint density at radius 3 is 2.27 bits per heavy atom. The van der Waals surface area contributed by atoms with Crippen molar-refractivity contribution in [1.82, 2.24) is 9.97 Å². The molecule has 2 aliphatic heterocycles. The normalized spacial score (nSPS) is 15.0. The molecule has 4 heterocycles. The SMILES string of the molecule is O=C1CCCc2cccc(c2)-c2cncc(c2)NC(=O)C2=CCNc3ccc(cc32)-c2cncc(c2)N1. The van der Waals surface area contributed by atoms with Crippen LogP contribution < -0.4 is 16.0 Å². The lowest BCUT2D eigenvalue weighted by atomic mass is 9.95. The Morgan fingerprint density at radius 1 is 0.703 bits per heavy atom. The minimum atomic E-state index is -0.193. The zero-order chi connectivity index (χ0) is 25.2. The number of aryl methyl sites for hydroxylation is 1. The van der Waals surface area contributed by atoms with Gasteiger partial charge in [0.25, 0.3) is 5.91 Å². The molecule has 182 valence electrons. The Balaban J connectivity index is 1.42. The number of carbonyl (C=O) groups excluding carboxylic acids is 2. The van der Waals surface area contributed by atoms with Gasteiger partial charge in [0.15, 0.2) is 0 Å². The van der Waals surface area contributed by atoms with Gasteiger partial charge in [-0.25, -0.2) is 0 Å². The molecule has 7 heteroatoms. The topological polar surface area (TPSA) is 96.0 Å². The van der Waals surface area contributed by atoms with E-state index in [4.69, 9.17) is 0 Å². The largest absolute Gasteiger partial charge is 0.381 e. The fourth-order valence-electron chi connectivity index (χ4n) is 4.80. The third-order valence-corrected chi connectivity index (χ3v) is 6.63. The van der Waals surface area contributed by atoms with Crippen LogP contribution in [0.4, 0.5) is 17.1 Å². The Hall–Kier alpha value is -4.78. The summed E-state index contributed by atoms with van der Waals surface area (Å²) in [6, 6.07) is 18.0. The number of pyridine rings is 2. The van der Waals surface area contributed by atoms with Gasteiger partial charge in [0.1, 0.15) is 0 Å². The third-order valence-electron chi connectivity index (χ3n) is 6.63. The summed E-state index contributed by atoms with van der Waals surface area (Å²) in [5, 5.41) is 9.35. The van der Waals surface area contributed by atoms with E-state index < -0.39 is 0 Å². The highest BCUT2D eigenvalue weighted by atomic mass is 16.2. The van der Waals surface area contributed by atoms with E-state index in [1.807, 2.05) is 48.5 Å². The van der Waals surface area contributed by atoms with Crippen molar-refractivity contribution in [3.63, 3.8) is 0 Å². The maximum Gasteiger partial charge on any atom is 0.256 e. The quantitative estimate of drug-likeness (QED) is 0.303. The Labute approximate surface area is 214 Å². The van der Waals surface area contributed by atoms with Crippen LogP contribution in [0.25, 0.3) is 27.8 Å². The van der Waals surface area contributed by atoms with Crippen LogP contribution in [0.15, 0.2) is 85.5 Å². The third kappa shape index (κ3) is 4.84. The van der Waals surface area contributed by atoms with Crippen molar-refractivity contribution in [3.05, 3.63) is 96.6 Å². The molecule has 2 amide bonds. The highest BCUT2D eigenvalue weighted by molar-refractivity contribution is 6.27. The zero-order valence-electron chi connectivity index (χ0n) is 20.1. The van der Waals surface area contributed by atoms with Gasteiger partial charge in [-0.3, -0.25) is 19.6 Å². The van der Waals surface area contributed by atoms with E-state index in [0.717, 1.165) is 51.9 Å². The maximum atomic E-state index is 13.4. The molecule has 0 radical (unpaired) electrons. The maximum absolute atomic E-state index is 13.4. The number of anilines is 3. The van der Waals surface area contributed by atoms with Crippen LogP contribution in [0.1, 0.15) is 24.0 Å². The van der Waals surface area contributed by atoms with E-state index in [-0.39, 0.29) is 11.8 Å². The molecule has 3 N–H and O–H groups in total. The number of amides is 2. The predicted octanol–water partition coefficient (Wildman–Crippen LogP) is 5.53. The molecule has 37 heavy (non-hydrogen) atoms. The summed E-state index contributed by atoms with van der Waals surface area (Å²) in [5.74, 6) is -0.237. The number of nitrogens with zero attached hydrogens (tertiary/aromatic N) is 2. The smallest absolute Gasteiger partial charge is 0.256 e. The molecular weight excluding hydrogens is 462 g/mol. The van der Waals surface area contributed by atoms with E-state index in [1.54, 1.807) is 24.8 Å². The molecule has 8 bridgehead atoms. The van der Waals surface area contributed by atoms with Crippen LogP contribution in [0, 0.1) is 0 Å². The van der Waals surface area contributed by atoms with Crippen LogP contribution in [0.3, 0.4) is 0 Å². The number of hydrogen-bond acceptors (Lipinski definition) is 5. The van der Waals surface area contributed by atoms with E-state index >= 15 is 0 Å². The van der Waals surface area contributed by atoms with Crippen molar-refractivity contribution in [2.75, 3.05) is 22.5 Å². The number of hydrogen-bond donors (Lipinski definition) is 3. The summed E-state index contributed by atoms with van der Waals surface area (Å²) < 4.78 is 0. The van der Waals surface area contributed by atoms with E-state index in [0.29, 0.717) is 29.9 Å². The van der Waals surface area contributed by atoms with Crippen molar-refractivity contribution in [3.8, 4) is 22.3 Å². The molecule has 0 saturated carbocycles. The lowest BCUT2D eigenvalue weighted by molar-refractivity contribution is -0.116. The minimum Gasteiger partial charge on any atom is -0.381 e. The minimum absolute atomic E-state index is 0.0436. The molecule has 2 aromatic heterocycles. The second kappa shape index (κ2) is 9.70. The van der Waals surface area contributed by atoms with Crippen LogP contribution in [-0.2, 0) is 16.0 Å². The van der Waals surface area contributed by atoms with E-state index in [1.165, 1.54) is 0 Å². The molecule has 0 fully saturated rings. The number of carbonyl (C=O) groups is 2. The van der Waals surface area contributed by atoms with Gasteiger partial charge in [-0.05, 0) is 53.8 Å².